The maximum Gasteiger partial charge on any atom is 0.346 e. The van der Waals surface area contributed by atoms with E-state index in [9.17, 15) is 37.1 Å². The number of hydrogen-bond donors (Lipinski definition) is 1. The summed E-state index contributed by atoms with van der Waals surface area (Å²) in [6.07, 6.45) is -0.310. The van der Waals surface area contributed by atoms with E-state index in [0.29, 0.717) is 17.0 Å². The van der Waals surface area contributed by atoms with E-state index < -0.39 is 53.3 Å². The number of rotatable bonds is 5. The molecule has 11 heteroatoms. The Morgan fingerprint density at radius 3 is 2.47 bits per heavy atom. The number of amides is 2. The number of ether oxygens (including phenoxy) is 1. The van der Waals surface area contributed by atoms with Crippen molar-refractivity contribution in [3.8, 4) is 5.75 Å². The normalized spacial score (nSPS) is 13.3. The summed E-state index contributed by atoms with van der Waals surface area (Å²) in [7, 11) is 0. The molecule has 0 unspecified atom stereocenters. The SMILES string of the molecule is O=C(O)c1scc2c1C(=O)N(c1cc(OCc3cc(F)c(F)cc3F)ccc1F)C(=O)C2. The van der Waals surface area contributed by atoms with Crippen LogP contribution in [0, 0.1) is 23.3 Å². The van der Waals surface area contributed by atoms with Gasteiger partial charge in [0.1, 0.15) is 28.9 Å². The Labute approximate surface area is 181 Å². The van der Waals surface area contributed by atoms with Crippen molar-refractivity contribution in [2.45, 2.75) is 13.0 Å². The number of carbonyl (C=O) groups is 3. The second-order valence-electron chi connectivity index (χ2n) is 6.74. The van der Waals surface area contributed by atoms with Gasteiger partial charge in [-0.2, -0.15) is 0 Å². The minimum atomic E-state index is -1.37. The third-order valence-electron chi connectivity index (χ3n) is 4.71. The molecule has 0 aliphatic carbocycles. The molecule has 1 aliphatic rings. The van der Waals surface area contributed by atoms with E-state index in [0.717, 1.165) is 29.5 Å². The van der Waals surface area contributed by atoms with Crippen LogP contribution in [-0.4, -0.2) is 22.9 Å². The van der Waals surface area contributed by atoms with Crippen molar-refractivity contribution >= 4 is 34.8 Å². The molecule has 0 atom stereocenters. The number of thiophene rings is 1. The molecular formula is C21H11F4NO5S. The lowest BCUT2D eigenvalue weighted by atomic mass is 10.0. The Kier molecular flexibility index (Phi) is 5.43. The maximum absolute atomic E-state index is 14.5. The number of fused-ring (bicyclic) bond motifs is 1. The topological polar surface area (TPSA) is 83.9 Å². The number of carbonyl (C=O) groups excluding carboxylic acids is 2. The van der Waals surface area contributed by atoms with Gasteiger partial charge in [-0.3, -0.25) is 9.59 Å². The molecule has 0 spiro atoms. The molecule has 1 N–H and O–H groups in total. The van der Waals surface area contributed by atoms with Gasteiger partial charge in [-0.15, -0.1) is 11.3 Å². The molecule has 0 saturated heterocycles. The van der Waals surface area contributed by atoms with Crippen molar-refractivity contribution in [1.29, 1.82) is 0 Å². The average molecular weight is 465 g/mol. The Bertz CT molecular complexity index is 1290. The predicted octanol–water partition coefficient (Wildman–Crippen LogP) is 4.31. The standard InChI is InChI=1S/C21H11F4NO5S/c22-12-2-1-11(31-7-9-3-14(24)15(25)6-13(9)23)5-16(12)26-17(27)4-10-8-32-19(21(29)30)18(10)20(26)28/h1-3,5-6,8H,4,7H2,(H,29,30). The third-order valence-corrected chi connectivity index (χ3v) is 5.73. The van der Waals surface area contributed by atoms with Crippen molar-refractivity contribution in [2.75, 3.05) is 4.90 Å². The van der Waals surface area contributed by atoms with Crippen LogP contribution in [0.15, 0.2) is 35.7 Å². The highest BCUT2D eigenvalue weighted by Gasteiger charge is 2.38. The second-order valence-corrected chi connectivity index (χ2v) is 7.62. The monoisotopic (exact) mass is 465 g/mol. The maximum atomic E-state index is 14.5. The summed E-state index contributed by atoms with van der Waals surface area (Å²) in [5.41, 5.74) is -0.762. The fourth-order valence-corrected chi connectivity index (χ4v) is 4.11. The predicted molar refractivity (Wildman–Crippen MR) is 104 cm³/mol. The van der Waals surface area contributed by atoms with E-state index in [-0.39, 0.29) is 33.7 Å². The molecule has 3 aromatic rings. The fourth-order valence-electron chi connectivity index (χ4n) is 3.22. The molecule has 0 saturated carbocycles. The Morgan fingerprint density at radius 1 is 1.03 bits per heavy atom. The summed E-state index contributed by atoms with van der Waals surface area (Å²) in [6, 6.07) is 4.00. The van der Waals surface area contributed by atoms with Gasteiger partial charge in [-0.25, -0.2) is 27.3 Å². The van der Waals surface area contributed by atoms with E-state index in [1.807, 2.05) is 0 Å². The zero-order valence-corrected chi connectivity index (χ0v) is 16.6. The van der Waals surface area contributed by atoms with Crippen LogP contribution in [0.2, 0.25) is 0 Å². The Morgan fingerprint density at radius 2 is 1.75 bits per heavy atom. The van der Waals surface area contributed by atoms with Crippen LogP contribution in [-0.2, 0) is 17.8 Å². The molecule has 2 amide bonds. The number of anilines is 1. The first-order chi connectivity index (χ1) is 15.2. The summed E-state index contributed by atoms with van der Waals surface area (Å²) in [6.45, 7) is -0.548. The highest BCUT2D eigenvalue weighted by atomic mass is 32.1. The average Bonchev–Trinajstić information content (AvgIpc) is 3.16. The molecule has 2 aromatic carbocycles. The van der Waals surface area contributed by atoms with E-state index in [2.05, 4.69) is 0 Å². The number of benzene rings is 2. The van der Waals surface area contributed by atoms with Crippen molar-refractivity contribution < 1.29 is 41.8 Å². The lowest BCUT2D eigenvalue weighted by molar-refractivity contribution is -0.117. The molecule has 1 aromatic heterocycles. The summed E-state index contributed by atoms with van der Waals surface area (Å²) >= 11 is 0.782. The first kappa shape index (κ1) is 21.5. The Hall–Kier alpha value is -3.73. The first-order valence-corrected chi connectivity index (χ1v) is 9.82. The van der Waals surface area contributed by atoms with Gasteiger partial charge in [0.2, 0.25) is 5.91 Å². The zero-order valence-electron chi connectivity index (χ0n) is 15.8. The van der Waals surface area contributed by atoms with Gasteiger partial charge < -0.3 is 9.84 Å². The quantitative estimate of drug-likeness (QED) is 0.345. The lowest BCUT2D eigenvalue weighted by Crippen LogP contribution is -2.43. The number of imide groups is 1. The van der Waals surface area contributed by atoms with Gasteiger partial charge in [0, 0.05) is 17.7 Å². The second kappa shape index (κ2) is 8.08. The van der Waals surface area contributed by atoms with Gasteiger partial charge in [0.25, 0.3) is 5.91 Å². The van der Waals surface area contributed by atoms with Crippen LogP contribution in [0.25, 0.3) is 0 Å². The summed E-state index contributed by atoms with van der Waals surface area (Å²) in [4.78, 5) is 37.1. The smallest absolute Gasteiger partial charge is 0.346 e. The summed E-state index contributed by atoms with van der Waals surface area (Å²) in [5, 5.41) is 10.7. The number of carboxylic acids is 1. The summed E-state index contributed by atoms with van der Waals surface area (Å²) in [5.74, 6) is -7.91. The van der Waals surface area contributed by atoms with E-state index >= 15 is 0 Å². The van der Waals surface area contributed by atoms with Crippen LogP contribution in [0.4, 0.5) is 23.2 Å². The van der Waals surface area contributed by atoms with Gasteiger partial charge in [-0.1, -0.05) is 0 Å². The van der Waals surface area contributed by atoms with Crippen LogP contribution in [0.5, 0.6) is 5.75 Å². The number of hydrogen-bond acceptors (Lipinski definition) is 5. The minimum absolute atomic E-state index is 0.0966. The van der Waals surface area contributed by atoms with Gasteiger partial charge in [0.15, 0.2) is 11.6 Å². The van der Waals surface area contributed by atoms with Gasteiger partial charge in [-0.05, 0) is 29.1 Å². The molecular weight excluding hydrogens is 454 g/mol. The van der Waals surface area contributed by atoms with Crippen LogP contribution < -0.4 is 9.64 Å². The largest absolute Gasteiger partial charge is 0.489 e. The molecule has 0 radical (unpaired) electrons. The highest BCUT2D eigenvalue weighted by Crippen LogP contribution is 2.34. The van der Waals surface area contributed by atoms with Crippen molar-refractivity contribution in [3.63, 3.8) is 0 Å². The van der Waals surface area contributed by atoms with Crippen molar-refractivity contribution in [3.05, 3.63) is 80.5 Å². The van der Waals surface area contributed by atoms with Crippen molar-refractivity contribution in [1.82, 2.24) is 0 Å². The first-order valence-electron chi connectivity index (χ1n) is 8.94. The third kappa shape index (κ3) is 3.71. The molecule has 1 aliphatic heterocycles. The van der Waals surface area contributed by atoms with Crippen LogP contribution >= 0.6 is 11.3 Å². The Balaban J connectivity index is 1.65. The summed E-state index contributed by atoms with van der Waals surface area (Å²) < 4.78 is 60.0. The van der Waals surface area contributed by atoms with E-state index in [4.69, 9.17) is 4.74 Å². The van der Waals surface area contributed by atoms with Crippen LogP contribution in [0.3, 0.4) is 0 Å². The van der Waals surface area contributed by atoms with Gasteiger partial charge in [0.05, 0.1) is 17.7 Å². The van der Waals surface area contributed by atoms with Crippen molar-refractivity contribution in [2.24, 2.45) is 0 Å². The number of halogens is 4. The molecule has 0 fully saturated rings. The van der Waals surface area contributed by atoms with Crippen LogP contribution in [0.1, 0.15) is 31.2 Å². The molecule has 6 nitrogen and oxygen atoms in total. The van der Waals surface area contributed by atoms with E-state index in [1.54, 1.807) is 0 Å². The number of nitrogens with zero attached hydrogens (tertiary/aromatic N) is 1. The highest BCUT2D eigenvalue weighted by molar-refractivity contribution is 7.12. The number of carboxylic acid groups (broad SMARTS) is 1. The molecule has 164 valence electrons. The number of aromatic carboxylic acids is 1. The van der Waals surface area contributed by atoms with Gasteiger partial charge >= 0.3 is 5.97 Å². The lowest BCUT2D eigenvalue weighted by Gasteiger charge is -2.26. The molecule has 32 heavy (non-hydrogen) atoms. The zero-order chi connectivity index (χ0) is 23.2. The fraction of sp³-hybridized carbons (Fsp3) is 0.0952. The molecule has 2 heterocycles. The molecule has 0 bridgehead atoms. The minimum Gasteiger partial charge on any atom is -0.489 e. The van der Waals surface area contributed by atoms with E-state index in [1.165, 1.54) is 5.38 Å². The molecule has 4 rings (SSSR count).